The second-order valence-electron chi connectivity index (χ2n) is 19.7. The molecule has 5 aromatic rings. The van der Waals surface area contributed by atoms with Crippen molar-refractivity contribution in [2.75, 3.05) is 26.3 Å². The number of likely N-dealkylation sites (tertiary alicyclic amines) is 2. The molecule has 0 bridgehead atoms. The second-order valence-corrected chi connectivity index (χ2v) is 20.6. The third kappa shape index (κ3) is 11.8. The van der Waals surface area contributed by atoms with Crippen LogP contribution in [0.1, 0.15) is 110 Å². The van der Waals surface area contributed by atoms with Gasteiger partial charge in [0.1, 0.15) is 41.9 Å². The largest absolute Gasteiger partial charge is 0.474 e. The van der Waals surface area contributed by atoms with Crippen molar-refractivity contribution in [3.63, 3.8) is 0 Å². The highest BCUT2D eigenvalue weighted by atomic mass is 32.1. The molecule has 0 spiro atoms. The highest BCUT2D eigenvalue weighted by Gasteiger charge is 2.44. The number of amides is 5. The number of hydrogen-bond donors (Lipinski definition) is 3. The number of aromatic nitrogens is 1. The van der Waals surface area contributed by atoms with Gasteiger partial charge in [-0.2, -0.15) is 0 Å². The van der Waals surface area contributed by atoms with E-state index in [-0.39, 0.29) is 61.4 Å². The molecular formula is C58H65N7O9S. The van der Waals surface area contributed by atoms with Crippen molar-refractivity contribution in [1.29, 1.82) is 0 Å². The Morgan fingerprint density at radius 1 is 0.720 bits per heavy atom. The Labute approximate surface area is 441 Å². The van der Waals surface area contributed by atoms with E-state index in [9.17, 15) is 28.8 Å². The van der Waals surface area contributed by atoms with Gasteiger partial charge in [0.05, 0.1) is 12.6 Å². The molecule has 1 aromatic heterocycles. The van der Waals surface area contributed by atoms with Gasteiger partial charge in [0, 0.05) is 37.2 Å². The molecule has 16 nitrogen and oxygen atoms in total. The Bertz CT molecular complexity index is 2850. The SMILES string of the molecule is CCOC(=O)c1csc([C@@H]2CCCN2C(=O)[C@H](Cc2ccccc2)NC(=O)[C@H]2N=C([C@@H](NC(=O)[C@@H]3CCCN3C(=O)[C@H](Cc3ccccc3)NC(=O)OCC3c4ccccc4-c4ccccc43)[C@@H](C)CC)O[C@@H]2C)n1. The summed E-state index contributed by atoms with van der Waals surface area (Å²) in [6.45, 7) is 8.45. The van der Waals surface area contributed by atoms with Crippen LogP contribution in [0, 0.1) is 5.92 Å². The van der Waals surface area contributed by atoms with E-state index in [1.807, 2.05) is 111 Å². The first-order chi connectivity index (χ1) is 36.4. The summed E-state index contributed by atoms with van der Waals surface area (Å²) < 4.78 is 17.4. The Balaban J connectivity index is 0.883. The number of aliphatic imine (C=N–C) groups is 1. The second kappa shape index (κ2) is 23.9. The molecule has 8 atom stereocenters. The predicted molar refractivity (Wildman–Crippen MR) is 284 cm³/mol. The third-order valence-corrected chi connectivity index (χ3v) is 15.8. The number of thiazole rings is 1. The monoisotopic (exact) mass is 1040 g/mol. The molecule has 17 heteroatoms. The van der Waals surface area contributed by atoms with E-state index in [1.165, 1.54) is 11.3 Å². The van der Waals surface area contributed by atoms with Gasteiger partial charge in [0.25, 0.3) is 0 Å². The molecule has 4 aromatic carbocycles. The molecule has 0 saturated carbocycles. The summed E-state index contributed by atoms with van der Waals surface area (Å²) in [7, 11) is 0. The molecule has 2 saturated heterocycles. The number of nitrogens with zero attached hydrogens (tertiary/aromatic N) is 4. The smallest absolute Gasteiger partial charge is 0.407 e. The van der Waals surface area contributed by atoms with Crippen molar-refractivity contribution < 1.29 is 43.0 Å². The molecule has 0 unspecified atom stereocenters. The number of fused-ring (bicyclic) bond motifs is 3. The topological polar surface area (TPSA) is 198 Å². The molecule has 1 aliphatic carbocycles. The van der Waals surface area contributed by atoms with Gasteiger partial charge in [-0.1, -0.05) is 129 Å². The predicted octanol–water partition coefficient (Wildman–Crippen LogP) is 7.57. The normalized spacial score (nSPS) is 20.4. The number of carbonyl (C=O) groups is 6. The van der Waals surface area contributed by atoms with E-state index < -0.39 is 66.1 Å². The maximum absolute atomic E-state index is 14.7. The Hall–Kier alpha value is -7.40. The molecule has 2 fully saturated rings. The number of benzene rings is 4. The average molecular weight is 1040 g/mol. The van der Waals surface area contributed by atoms with Crippen LogP contribution >= 0.6 is 11.3 Å². The zero-order valence-electron chi connectivity index (χ0n) is 42.8. The molecular weight excluding hydrogens is 971 g/mol. The maximum Gasteiger partial charge on any atom is 0.407 e. The first kappa shape index (κ1) is 52.5. The van der Waals surface area contributed by atoms with E-state index in [2.05, 4.69) is 33.1 Å². The number of esters is 1. The van der Waals surface area contributed by atoms with Crippen molar-refractivity contribution in [2.45, 2.75) is 121 Å². The number of carbonyl (C=O) groups excluding carboxylic acids is 6. The Morgan fingerprint density at radius 2 is 1.31 bits per heavy atom. The summed E-state index contributed by atoms with van der Waals surface area (Å²) in [5.74, 6) is -2.28. The van der Waals surface area contributed by atoms with Gasteiger partial charge < -0.3 is 40.0 Å². The first-order valence-electron chi connectivity index (χ1n) is 26.2. The van der Waals surface area contributed by atoms with Gasteiger partial charge in [-0.05, 0) is 78.8 Å². The minimum atomic E-state index is -1.04. The number of alkyl carbamates (subject to hydrolysis) is 1. The van der Waals surface area contributed by atoms with Gasteiger partial charge in [0.15, 0.2) is 11.7 Å². The van der Waals surface area contributed by atoms with Crippen molar-refractivity contribution in [2.24, 2.45) is 10.9 Å². The molecule has 4 aliphatic rings. The maximum atomic E-state index is 14.7. The summed E-state index contributed by atoms with van der Waals surface area (Å²) in [5.41, 5.74) is 6.22. The van der Waals surface area contributed by atoms with Crippen LogP contribution < -0.4 is 16.0 Å². The lowest BCUT2D eigenvalue weighted by molar-refractivity contribution is -0.140. The van der Waals surface area contributed by atoms with Crippen molar-refractivity contribution in [1.82, 2.24) is 30.7 Å². The lowest BCUT2D eigenvalue weighted by atomic mass is 9.98. The lowest BCUT2D eigenvalue weighted by Gasteiger charge is -2.31. The lowest BCUT2D eigenvalue weighted by Crippen LogP contribution is -2.56. The van der Waals surface area contributed by atoms with Crippen LogP contribution in [0.3, 0.4) is 0 Å². The van der Waals surface area contributed by atoms with Crippen LogP contribution in [0.2, 0.25) is 0 Å². The third-order valence-electron chi connectivity index (χ3n) is 14.8. The minimum absolute atomic E-state index is 0.0752. The first-order valence-corrected chi connectivity index (χ1v) is 27.1. The zero-order valence-corrected chi connectivity index (χ0v) is 43.6. The molecule has 0 radical (unpaired) electrons. The summed E-state index contributed by atoms with van der Waals surface area (Å²) in [5, 5.41) is 11.3. The molecule has 75 heavy (non-hydrogen) atoms. The zero-order chi connectivity index (χ0) is 52.6. The van der Waals surface area contributed by atoms with Gasteiger partial charge in [0.2, 0.25) is 29.5 Å². The van der Waals surface area contributed by atoms with Crippen LogP contribution in [0.4, 0.5) is 4.79 Å². The fourth-order valence-corrected chi connectivity index (χ4v) is 11.7. The van der Waals surface area contributed by atoms with E-state index in [4.69, 9.17) is 19.2 Å². The molecule has 5 amide bonds. The van der Waals surface area contributed by atoms with Crippen LogP contribution in [-0.4, -0.2) is 119 Å². The molecule has 3 aliphatic heterocycles. The highest BCUT2D eigenvalue weighted by molar-refractivity contribution is 7.09. The van der Waals surface area contributed by atoms with Gasteiger partial charge in [-0.3, -0.25) is 19.2 Å². The van der Waals surface area contributed by atoms with E-state index in [0.717, 1.165) is 39.8 Å². The number of ether oxygens (including phenoxy) is 3. The number of nitrogens with one attached hydrogen (secondary N) is 3. The summed E-state index contributed by atoms with van der Waals surface area (Å²) in [6.07, 6.45) is 1.88. The number of rotatable bonds is 19. The van der Waals surface area contributed by atoms with Crippen molar-refractivity contribution >= 4 is 52.9 Å². The van der Waals surface area contributed by atoms with E-state index in [0.29, 0.717) is 43.8 Å². The molecule has 4 heterocycles. The fraction of sp³-hybridized carbons (Fsp3) is 0.414. The van der Waals surface area contributed by atoms with Crippen molar-refractivity contribution in [3.05, 3.63) is 148 Å². The number of hydrogen-bond acceptors (Lipinski definition) is 12. The van der Waals surface area contributed by atoms with Crippen LogP contribution in [0.15, 0.2) is 120 Å². The van der Waals surface area contributed by atoms with Crippen molar-refractivity contribution in [3.8, 4) is 11.1 Å². The quantitative estimate of drug-likeness (QED) is 0.0694. The van der Waals surface area contributed by atoms with Crippen LogP contribution in [0.25, 0.3) is 11.1 Å². The standard InChI is InChI=1S/C58H65N7O9S/c1-5-35(3)49(53-63-50(36(4)74-53)52(67)59-44(31-37-19-9-7-10-20-37)55(68)65-30-18-28-48(65)54-60-46(34-75-54)57(70)72-6-2)62-51(66)47-27-17-29-64(47)56(69)45(32-38-21-11-8-12-22-38)61-58(71)73-33-43-41-25-15-13-23-39(41)40-24-14-16-26-42(40)43/h7-16,19-26,34-36,43-45,47-50H,5-6,17-18,27-33H2,1-4H3,(H,59,67)(H,61,71)(H,62,66)/t35-,36+,44-,45-,47-,48-,49-,50-/m0/s1. The Kier molecular flexibility index (Phi) is 16.7. The fourth-order valence-electron chi connectivity index (χ4n) is 10.8. The minimum Gasteiger partial charge on any atom is -0.474 e. The van der Waals surface area contributed by atoms with Gasteiger partial charge >= 0.3 is 12.1 Å². The molecule has 392 valence electrons. The van der Waals surface area contributed by atoms with E-state index in [1.54, 1.807) is 29.0 Å². The van der Waals surface area contributed by atoms with Gasteiger partial charge in [-0.15, -0.1) is 11.3 Å². The molecule has 3 N–H and O–H groups in total. The molecule has 9 rings (SSSR count). The van der Waals surface area contributed by atoms with Crippen LogP contribution in [-0.2, 0) is 46.2 Å². The highest BCUT2D eigenvalue weighted by Crippen LogP contribution is 2.44. The Morgan fingerprint density at radius 3 is 1.95 bits per heavy atom. The average Bonchev–Trinajstić information content (AvgIpc) is 4.30. The summed E-state index contributed by atoms with van der Waals surface area (Å²) >= 11 is 1.30. The van der Waals surface area contributed by atoms with Crippen LogP contribution in [0.5, 0.6) is 0 Å². The summed E-state index contributed by atoms with van der Waals surface area (Å²) in [6, 6.07) is 30.0. The summed E-state index contributed by atoms with van der Waals surface area (Å²) in [4.78, 5) is 97.0. The van der Waals surface area contributed by atoms with E-state index >= 15 is 0 Å². The van der Waals surface area contributed by atoms with Gasteiger partial charge in [-0.25, -0.2) is 19.6 Å².